The van der Waals surface area contributed by atoms with Gasteiger partial charge in [-0.25, -0.2) is 0 Å². The summed E-state index contributed by atoms with van der Waals surface area (Å²) in [7, 11) is 0. The summed E-state index contributed by atoms with van der Waals surface area (Å²) in [5, 5.41) is 0. The van der Waals surface area contributed by atoms with E-state index in [1.807, 2.05) is 12.3 Å². The van der Waals surface area contributed by atoms with E-state index in [9.17, 15) is 9.59 Å². The first-order valence-corrected chi connectivity index (χ1v) is 10.9. The van der Waals surface area contributed by atoms with Gasteiger partial charge in [0.25, 0.3) is 0 Å². The van der Waals surface area contributed by atoms with Gasteiger partial charge in [0, 0.05) is 50.4 Å². The van der Waals surface area contributed by atoms with Gasteiger partial charge in [0.1, 0.15) is 0 Å². The van der Waals surface area contributed by atoms with Crippen molar-refractivity contribution in [3.8, 4) is 0 Å². The molecule has 5 heteroatoms. The molecule has 4 atom stereocenters. The minimum Gasteiger partial charge on any atom is -0.336 e. The quantitative estimate of drug-likeness (QED) is 0.872. The first-order valence-electron chi connectivity index (χ1n) is 10.9. The van der Waals surface area contributed by atoms with Gasteiger partial charge in [-0.05, 0) is 48.6 Å². The third kappa shape index (κ3) is 3.76. The topological polar surface area (TPSA) is 56.4 Å². The van der Waals surface area contributed by atoms with Gasteiger partial charge < -0.3 is 9.88 Å². The third-order valence-electron chi connectivity index (χ3n) is 7.11. The van der Waals surface area contributed by atoms with E-state index < -0.39 is 0 Å². The smallest absolute Gasteiger partial charge is 0.247 e. The molecule has 1 amide bonds. The van der Waals surface area contributed by atoms with Crippen LogP contribution >= 0.6 is 0 Å². The van der Waals surface area contributed by atoms with E-state index in [0.29, 0.717) is 36.2 Å². The summed E-state index contributed by atoms with van der Waals surface area (Å²) in [6.07, 6.45) is 6.90. The van der Waals surface area contributed by atoms with Crippen LogP contribution in [-0.2, 0) is 17.8 Å². The van der Waals surface area contributed by atoms with Crippen LogP contribution in [0.3, 0.4) is 0 Å². The van der Waals surface area contributed by atoms with Crippen molar-refractivity contribution >= 4 is 5.91 Å². The Hall–Kier alpha value is -2.40. The highest BCUT2D eigenvalue weighted by atomic mass is 16.2. The van der Waals surface area contributed by atoms with Gasteiger partial charge in [-0.3, -0.25) is 14.5 Å². The zero-order valence-electron chi connectivity index (χ0n) is 16.8. The summed E-state index contributed by atoms with van der Waals surface area (Å²) in [5.74, 6) is 1.44. The Balaban J connectivity index is 1.40. The molecule has 1 aromatic heterocycles. The van der Waals surface area contributed by atoms with E-state index in [1.165, 1.54) is 12.0 Å². The van der Waals surface area contributed by atoms with Crippen molar-refractivity contribution in [2.45, 2.75) is 50.7 Å². The number of hydrogen-bond donors (Lipinski definition) is 1. The molecule has 0 unspecified atom stereocenters. The Morgan fingerprint density at radius 2 is 1.79 bits per heavy atom. The van der Waals surface area contributed by atoms with Crippen LogP contribution < -0.4 is 5.56 Å². The lowest BCUT2D eigenvalue weighted by molar-refractivity contribution is -0.152. The number of rotatable bonds is 4. The summed E-state index contributed by atoms with van der Waals surface area (Å²) in [4.78, 5) is 32.0. The fourth-order valence-electron chi connectivity index (χ4n) is 5.92. The first kappa shape index (κ1) is 18.6. The lowest BCUT2D eigenvalue weighted by Crippen LogP contribution is -2.65. The molecule has 0 spiro atoms. The standard InChI is InChI=1S/C24H29N3O2/c28-23-10-9-18(13-25-23)14-26-15-19-12-20(16-26)22(11-17-5-2-1-3-6-17)27-21(19)7-4-8-24(27)29/h1-3,5-6,9-10,13,19-22H,4,7-8,11-12,14-16H2,(H,25,28)/t19-,20+,21+,22+/m1/s1. The summed E-state index contributed by atoms with van der Waals surface area (Å²) in [6.45, 7) is 2.92. The molecule has 152 valence electrons. The van der Waals surface area contributed by atoms with Crippen LogP contribution in [0.5, 0.6) is 0 Å². The number of pyridine rings is 1. The molecule has 29 heavy (non-hydrogen) atoms. The van der Waals surface area contributed by atoms with Crippen LogP contribution in [0.15, 0.2) is 53.5 Å². The normalized spacial score (nSPS) is 29.5. The second-order valence-corrected chi connectivity index (χ2v) is 9.03. The molecule has 0 radical (unpaired) electrons. The number of hydrogen-bond acceptors (Lipinski definition) is 3. The SMILES string of the molecule is O=C1CCC[C@H]2[C@@H]3C[C@@H](CN(Cc4ccc(=O)[nH]c4)C3)[C@H](Cc3ccccc3)N12. The second kappa shape index (κ2) is 7.79. The van der Waals surface area contributed by atoms with Crippen LogP contribution in [0.2, 0.25) is 0 Å². The number of carbonyl (C=O) groups is 1. The number of carbonyl (C=O) groups excluding carboxylic acids is 1. The number of nitrogens with zero attached hydrogens (tertiary/aromatic N) is 2. The Kier molecular flexibility index (Phi) is 5.00. The van der Waals surface area contributed by atoms with Crippen molar-refractivity contribution in [1.82, 2.24) is 14.8 Å². The van der Waals surface area contributed by atoms with Crippen molar-refractivity contribution in [2.24, 2.45) is 11.8 Å². The number of aromatic amines is 1. The molecule has 3 aliphatic heterocycles. The summed E-state index contributed by atoms with van der Waals surface area (Å²) in [6, 6.07) is 14.9. The van der Waals surface area contributed by atoms with Crippen molar-refractivity contribution in [3.63, 3.8) is 0 Å². The maximum atomic E-state index is 12.9. The molecule has 2 bridgehead atoms. The number of piperidine rings is 3. The minimum atomic E-state index is -0.0523. The Morgan fingerprint density at radius 3 is 2.59 bits per heavy atom. The van der Waals surface area contributed by atoms with Gasteiger partial charge in [0.15, 0.2) is 0 Å². The van der Waals surface area contributed by atoms with E-state index in [4.69, 9.17) is 0 Å². The molecule has 5 nitrogen and oxygen atoms in total. The molecule has 0 aliphatic carbocycles. The molecular formula is C24H29N3O2. The molecular weight excluding hydrogens is 362 g/mol. The largest absolute Gasteiger partial charge is 0.336 e. The molecule has 3 aliphatic rings. The van der Waals surface area contributed by atoms with Crippen molar-refractivity contribution in [2.75, 3.05) is 13.1 Å². The van der Waals surface area contributed by atoms with Gasteiger partial charge >= 0.3 is 0 Å². The summed E-state index contributed by atoms with van der Waals surface area (Å²) >= 11 is 0. The number of aromatic nitrogens is 1. The molecule has 5 rings (SSSR count). The third-order valence-corrected chi connectivity index (χ3v) is 7.11. The monoisotopic (exact) mass is 391 g/mol. The van der Waals surface area contributed by atoms with Crippen LogP contribution in [0.25, 0.3) is 0 Å². The zero-order valence-corrected chi connectivity index (χ0v) is 16.8. The molecule has 0 saturated carbocycles. The Labute approximate surface area is 171 Å². The lowest BCUT2D eigenvalue weighted by Gasteiger charge is -2.57. The van der Waals surface area contributed by atoms with Crippen LogP contribution in [0, 0.1) is 11.8 Å². The second-order valence-electron chi connectivity index (χ2n) is 9.03. The highest BCUT2D eigenvalue weighted by Crippen LogP contribution is 2.42. The van der Waals surface area contributed by atoms with E-state index >= 15 is 0 Å². The number of fused-ring (bicyclic) bond motifs is 4. The van der Waals surface area contributed by atoms with Gasteiger partial charge in [0.2, 0.25) is 11.5 Å². The number of likely N-dealkylation sites (tertiary alicyclic amines) is 1. The van der Waals surface area contributed by atoms with Crippen LogP contribution in [0.4, 0.5) is 0 Å². The number of nitrogens with one attached hydrogen (secondary N) is 1. The highest BCUT2D eigenvalue weighted by Gasteiger charge is 2.49. The molecule has 1 N–H and O–H groups in total. The summed E-state index contributed by atoms with van der Waals surface area (Å²) in [5.41, 5.74) is 2.43. The predicted octanol–water partition coefficient (Wildman–Crippen LogP) is 2.82. The van der Waals surface area contributed by atoms with Crippen molar-refractivity contribution < 1.29 is 4.79 Å². The average Bonchev–Trinajstić information content (AvgIpc) is 2.74. The molecule has 3 fully saturated rings. The van der Waals surface area contributed by atoms with Crippen molar-refractivity contribution in [1.29, 1.82) is 0 Å². The van der Waals surface area contributed by atoms with E-state index in [1.54, 1.807) is 6.07 Å². The molecule has 4 heterocycles. The Morgan fingerprint density at radius 1 is 0.966 bits per heavy atom. The van der Waals surface area contributed by atoms with Gasteiger partial charge in [-0.1, -0.05) is 36.4 Å². The van der Waals surface area contributed by atoms with Crippen LogP contribution in [-0.4, -0.2) is 45.9 Å². The first-order chi connectivity index (χ1) is 14.2. The molecule has 2 aromatic rings. The number of amides is 1. The lowest BCUT2D eigenvalue weighted by atomic mass is 9.70. The number of H-pyrrole nitrogens is 1. The maximum Gasteiger partial charge on any atom is 0.247 e. The molecule has 1 aromatic carbocycles. The van der Waals surface area contributed by atoms with E-state index in [0.717, 1.165) is 44.5 Å². The maximum absolute atomic E-state index is 12.9. The highest BCUT2D eigenvalue weighted by molar-refractivity contribution is 5.78. The Bertz CT molecular complexity index is 905. The zero-order chi connectivity index (χ0) is 19.8. The van der Waals surface area contributed by atoms with Gasteiger partial charge in [-0.15, -0.1) is 0 Å². The minimum absolute atomic E-state index is 0.0523. The fourth-order valence-corrected chi connectivity index (χ4v) is 5.92. The van der Waals surface area contributed by atoms with Gasteiger partial charge in [-0.2, -0.15) is 0 Å². The van der Waals surface area contributed by atoms with Crippen molar-refractivity contribution in [3.05, 3.63) is 70.1 Å². The summed E-state index contributed by atoms with van der Waals surface area (Å²) < 4.78 is 0. The average molecular weight is 392 g/mol. The molecule has 3 saturated heterocycles. The fraction of sp³-hybridized carbons (Fsp3) is 0.500. The van der Waals surface area contributed by atoms with E-state index in [2.05, 4.69) is 45.1 Å². The van der Waals surface area contributed by atoms with Crippen LogP contribution in [0.1, 0.15) is 36.8 Å². The number of benzene rings is 1. The van der Waals surface area contributed by atoms with Gasteiger partial charge in [0.05, 0.1) is 0 Å². The van der Waals surface area contributed by atoms with E-state index in [-0.39, 0.29) is 5.56 Å². The predicted molar refractivity (Wildman–Crippen MR) is 112 cm³/mol.